The molecule has 1 aliphatic rings. The van der Waals surface area contributed by atoms with Gasteiger partial charge in [0.05, 0.1) is 17.7 Å². The van der Waals surface area contributed by atoms with Gasteiger partial charge in [-0.15, -0.1) is 0 Å². The van der Waals surface area contributed by atoms with Crippen LogP contribution in [-0.2, 0) is 11.2 Å². The van der Waals surface area contributed by atoms with Crippen molar-refractivity contribution in [3.8, 4) is 0 Å². The number of aryl methyl sites for hydroxylation is 1. The van der Waals surface area contributed by atoms with Crippen LogP contribution >= 0.6 is 11.8 Å². The molecular formula is C23H21N3O2S. The molecule has 4 rings (SSSR count). The van der Waals surface area contributed by atoms with Crippen molar-refractivity contribution < 1.29 is 9.59 Å². The van der Waals surface area contributed by atoms with E-state index in [0.29, 0.717) is 29.2 Å². The summed E-state index contributed by atoms with van der Waals surface area (Å²) in [6.45, 7) is 4.51. The highest BCUT2D eigenvalue weighted by Gasteiger charge is 2.27. The number of carbonyl (C=O) groups is 2. The largest absolute Gasteiger partial charge is 0.326 e. The van der Waals surface area contributed by atoms with E-state index in [0.717, 1.165) is 21.7 Å². The Labute approximate surface area is 174 Å². The van der Waals surface area contributed by atoms with Gasteiger partial charge in [0.25, 0.3) is 5.91 Å². The fraction of sp³-hybridized carbons (Fsp3) is 0.174. The first-order valence-corrected chi connectivity index (χ1v) is 10.3. The van der Waals surface area contributed by atoms with Crippen molar-refractivity contribution in [2.45, 2.75) is 30.2 Å². The van der Waals surface area contributed by atoms with Gasteiger partial charge in [0, 0.05) is 23.3 Å². The van der Waals surface area contributed by atoms with Crippen LogP contribution in [0.15, 0.2) is 70.7 Å². The maximum atomic E-state index is 12.9. The molecule has 0 atom stereocenters. The Kier molecular flexibility index (Phi) is 5.36. The molecule has 2 heterocycles. The maximum Gasteiger partial charge on any atom is 0.261 e. The van der Waals surface area contributed by atoms with Gasteiger partial charge in [0.15, 0.2) is 0 Å². The summed E-state index contributed by atoms with van der Waals surface area (Å²) in [5.74, 6) is -0.127. The molecule has 1 aromatic heterocycles. The zero-order valence-electron chi connectivity index (χ0n) is 16.3. The lowest BCUT2D eigenvalue weighted by Gasteiger charge is -2.21. The number of fused-ring (bicyclic) bond motifs is 2. The van der Waals surface area contributed by atoms with Gasteiger partial charge in [-0.3, -0.25) is 9.59 Å². The summed E-state index contributed by atoms with van der Waals surface area (Å²) < 4.78 is 0. The van der Waals surface area contributed by atoms with E-state index in [9.17, 15) is 9.59 Å². The summed E-state index contributed by atoms with van der Waals surface area (Å²) in [6, 6.07) is 17.1. The lowest BCUT2D eigenvalue weighted by Crippen LogP contribution is -2.30. The Morgan fingerprint density at radius 2 is 1.97 bits per heavy atom. The number of nitrogens with one attached hydrogen (secondary N) is 1. The molecule has 6 heteroatoms. The van der Waals surface area contributed by atoms with Gasteiger partial charge >= 0.3 is 0 Å². The van der Waals surface area contributed by atoms with Crippen molar-refractivity contribution >= 4 is 35.0 Å². The van der Waals surface area contributed by atoms with Crippen LogP contribution in [0.1, 0.15) is 28.4 Å². The van der Waals surface area contributed by atoms with Gasteiger partial charge in [-0.1, -0.05) is 36.0 Å². The van der Waals surface area contributed by atoms with E-state index in [4.69, 9.17) is 0 Å². The van der Waals surface area contributed by atoms with Crippen LogP contribution in [0.4, 0.5) is 11.4 Å². The van der Waals surface area contributed by atoms with Gasteiger partial charge in [-0.25, -0.2) is 4.98 Å². The van der Waals surface area contributed by atoms with Crippen LogP contribution in [0.5, 0.6) is 0 Å². The number of hydrogen-bond donors (Lipinski definition) is 1. The zero-order chi connectivity index (χ0) is 20.4. The second-order valence-corrected chi connectivity index (χ2v) is 7.87. The number of aromatic nitrogens is 1. The first-order chi connectivity index (χ1) is 14.1. The Morgan fingerprint density at radius 3 is 2.76 bits per heavy atom. The summed E-state index contributed by atoms with van der Waals surface area (Å²) in [4.78, 5) is 32.5. The van der Waals surface area contributed by atoms with Crippen LogP contribution in [0, 0.1) is 6.92 Å². The third kappa shape index (κ3) is 3.89. The quantitative estimate of drug-likeness (QED) is 0.686. The number of nitrogens with zero attached hydrogens (tertiary/aromatic N) is 2. The molecule has 0 fully saturated rings. The second kappa shape index (κ2) is 8.09. The van der Waals surface area contributed by atoms with Crippen molar-refractivity contribution in [1.82, 2.24) is 4.98 Å². The average Bonchev–Trinajstić information content (AvgIpc) is 2.83. The number of rotatable bonds is 4. The molecule has 3 aromatic rings. The molecule has 0 aliphatic carbocycles. The third-order valence-corrected chi connectivity index (χ3v) is 5.98. The van der Waals surface area contributed by atoms with Crippen LogP contribution < -0.4 is 10.2 Å². The van der Waals surface area contributed by atoms with Gasteiger partial charge in [0.2, 0.25) is 5.91 Å². The molecule has 146 valence electrons. The maximum absolute atomic E-state index is 12.9. The highest BCUT2D eigenvalue weighted by molar-refractivity contribution is 7.99. The minimum atomic E-state index is -0.0696. The Hall–Kier alpha value is -3.12. The van der Waals surface area contributed by atoms with E-state index in [1.807, 2.05) is 56.3 Å². The van der Waals surface area contributed by atoms with Crippen molar-refractivity contribution in [3.05, 3.63) is 77.5 Å². The number of carbonyl (C=O) groups excluding carboxylic acids is 2. The smallest absolute Gasteiger partial charge is 0.261 e. The minimum absolute atomic E-state index is 0.0572. The monoisotopic (exact) mass is 403 g/mol. The number of amides is 2. The molecule has 1 N–H and O–H groups in total. The Bertz CT molecular complexity index is 1100. The van der Waals surface area contributed by atoms with E-state index >= 15 is 0 Å². The van der Waals surface area contributed by atoms with Crippen LogP contribution in [0.25, 0.3) is 0 Å². The molecular weight excluding hydrogens is 382 g/mol. The molecule has 29 heavy (non-hydrogen) atoms. The fourth-order valence-corrected chi connectivity index (χ4v) is 4.45. The Morgan fingerprint density at radius 1 is 1.14 bits per heavy atom. The molecule has 2 amide bonds. The topological polar surface area (TPSA) is 62.3 Å². The number of hydrogen-bond acceptors (Lipinski definition) is 4. The van der Waals surface area contributed by atoms with Gasteiger partial charge in [-0.05, 0) is 55.3 Å². The van der Waals surface area contributed by atoms with Gasteiger partial charge in [0.1, 0.15) is 5.03 Å². The Balaban J connectivity index is 1.62. The molecule has 2 aromatic carbocycles. The lowest BCUT2D eigenvalue weighted by atomic mass is 10.1. The van der Waals surface area contributed by atoms with E-state index in [2.05, 4.69) is 10.3 Å². The van der Waals surface area contributed by atoms with Crippen LogP contribution in [0.2, 0.25) is 0 Å². The molecule has 1 aliphatic heterocycles. The number of anilines is 2. The summed E-state index contributed by atoms with van der Waals surface area (Å²) in [7, 11) is 0. The molecule has 0 saturated heterocycles. The highest BCUT2D eigenvalue weighted by atomic mass is 32.2. The molecule has 5 nitrogen and oxygen atoms in total. The van der Waals surface area contributed by atoms with E-state index in [1.165, 1.54) is 11.8 Å². The normalized spacial score (nSPS) is 12.8. The van der Waals surface area contributed by atoms with Crippen molar-refractivity contribution in [2.24, 2.45) is 0 Å². The average molecular weight is 404 g/mol. The first-order valence-electron chi connectivity index (χ1n) is 9.50. The standard InChI is InChI=1S/C23H21N3O2S/c1-3-26-19-11-10-17(25-21(27)13-16-8-5-4-7-15(16)2)14-20(19)29-22-18(23(26)28)9-6-12-24-22/h4-12,14H,3,13H2,1-2H3,(H,25,27). The van der Waals surface area contributed by atoms with E-state index < -0.39 is 0 Å². The van der Waals surface area contributed by atoms with Gasteiger partial charge in [-0.2, -0.15) is 0 Å². The number of pyridine rings is 1. The van der Waals surface area contributed by atoms with Crippen LogP contribution in [0.3, 0.4) is 0 Å². The summed E-state index contributed by atoms with van der Waals surface area (Å²) in [5.41, 5.74) is 4.24. The summed E-state index contributed by atoms with van der Waals surface area (Å²) >= 11 is 1.45. The molecule has 0 unspecified atom stereocenters. The first kappa shape index (κ1) is 19.2. The van der Waals surface area contributed by atoms with Gasteiger partial charge < -0.3 is 10.2 Å². The van der Waals surface area contributed by atoms with Crippen molar-refractivity contribution in [2.75, 3.05) is 16.8 Å². The molecule has 0 radical (unpaired) electrons. The van der Waals surface area contributed by atoms with E-state index in [1.54, 1.807) is 23.2 Å². The van der Waals surface area contributed by atoms with Crippen LogP contribution in [-0.4, -0.2) is 23.3 Å². The summed E-state index contributed by atoms with van der Waals surface area (Å²) in [5, 5.41) is 3.66. The predicted octanol–water partition coefficient (Wildman–Crippen LogP) is 4.70. The predicted molar refractivity (Wildman–Crippen MR) is 116 cm³/mol. The third-order valence-electron chi connectivity index (χ3n) is 4.92. The SMILES string of the molecule is CCN1C(=O)c2cccnc2Sc2cc(NC(=O)Cc3ccccc3C)ccc21. The fourth-order valence-electron chi connectivity index (χ4n) is 3.39. The second-order valence-electron chi connectivity index (χ2n) is 6.84. The molecule has 0 spiro atoms. The highest BCUT2D eigenvalue weighted by Crippen LogP contribution is 2.41. The molecule has 0 saturated carbocycles. The van der Waals surface area contributed by atoms with Crippen molar-refractivity contribution in [1.29, 1.82) is 0 Å². The number of benzene rings is 2. The molecule has 0 bridgehead atoms. The zero-order valence-corrected chi connectivity index (χ0v) is 17.1. The minimum Gasteiger partial charge on any atom is -0.326 e. The lowest BCUT2D eigenvalue weighted by molar-refractivity contribution is -0.115. The van der Waals surface area contributed by atoms with E-state index in [-0.39, 0.29) is 11.8 Å². The van der Waals surface area contributed by atoms with Crippen molar-refractivity contribution in [3.63, 3.8) is 0 Å². The summed E-state index contributed by atoms with van der Waals surface area (Å²) in [6.07, 6.45) is 2.01.